The van der Waals surface area contributed by atoms with Crippen LogP contribution in [0.1, 0.15) is 32.6 Å². The molecule has 1 saturated carbocycles. The van der Waals surface area contributed by atoms with Gasteiger partial charge in [0.2, 0.25) is 0 Å². The Hall–Kier alpha value is -0.640. The quantitative estimate of drug-likeness (QED) is 0.830. The fourth-order valence-corrected chi connectivity index (χ4v) is 5.31. The number of sulfone groups is 1. The van der Waals surface area contributed by atoms with Crippen molar-refractivity contribution < 1.29 is 8.42 Å². The van der Waals surface area contributed by atoms with E-state index in [1.54, 1.807) is 0 Å². The second-order valence-corrected chi connectivity index (χ2v) is 8.44. The van der Waals surface area contributed by atoms with Crippen LogP contribution in [0.25, 0.3) is 0 Å². The average Bonchev–Trinajstić information content (AvgIpc) is 2.80. The molecule has 5 nitrogen and oxygen atoms in total. The summed E-state index contributed by atoms with van der Waals surface area (Å²) in [5.41, 5.74) is -0.370. The number of hydrogen-bond acceptors (Lipinski definition) is 5. The molecule has 2 fully saturated rings. The van der Waals surface area contributed by atoms with E-state index < -0.39 is 9.84 Å². The fourth-order valence-electron chi connectivity index (χ4n) is 3.69. The van der Waals surface area contributed by atoms with Crippen LogP contribution in [-0.4, -0.2) is 56.5 Å². The first-order valence-electron chi connectivity index (χ1n) is 7.47. The molecule has 1 N–H and O–H groups in total. The minimum atomic E-state index is -2.84. The molecule has 0 aromatic rings. The Bertz CT molecular complexity index is 485. The minimum Gasteiger partial charge on any atom is -0.302 e. The molecule has 3 atom stereocenters. The molecule has 6 heteroatoms. The molecule has 0 aromatic heterocycles. The molecular weight excluding hydrogens is 274 g/mol. The Kier molecular flexibility index (Phi) is 4.73. The van der Waals surface area contributed by atoms with Gasteiger partial charge in [-0.3, -0.25) is 4.90 Å². The maximum absolute atomic E-state index is 11.6. The maximum Gasteiger partial charge on any atom is 0.153 e. The van der Waals surface area contributed by atoms with Crippen molar-refractivity contribution in [3.63, 3.8) is 0 Å². The van der Waals surface area contributed by atoms with Gasteiger partial charge in [0.25, 0.3) is 0 Å². The monoisotopic (exact) mass is 299 g/mol. The predicted octanol–water partition coefficient (Wildman–Crippen LogP) is 0.777. The van der Waals surface area contributed by atoms with Crippen molar-refractivity contribution in [1.82, 2.24) is 10.2 Å². The van der Waals surface area contributed by atoms with Gasteiger partial charge in [0.1, 0.15) is 5.54 Å². The zero-order valence-corrected chi connectivity index (χ0v) is 13.2. The van der Waals surface area contributed by atoms with Crippen molar-refractivity contribution >= 4 is 9.84 Å². The molecule has 2 rings (SSSR count). The molecule has 2 aliphatic rings. The molecule has 3 unspecified atom stereocenters. The summed E-state index contributed by atoms with van der Waals surface area (Å²) in [6, 6.07) is 2.56. The third-order valence-corrected chi connectivity index (χ3v) is 6.83. The topological polar surface area (TPSA) is 73.2 Å². The van der Waals surface area contributed by atoms with Crippen LogP contribution in [0.4, 0.5) is 0 Å². The van der Waals surface area contributed by atoms with Gasteiger partial charge in [-0.15, -0.1) is 0 Å². The maximum atomic E-state index is 11.6. The van der Waals surface area contributed by atoms with Gasteiger partial charge >= 0.3 is 0 Å². The summed E-state index contributed by atoms with van der Waals surface area (Å²) < 4.78 is 23.2. The molecule has 1 aliphatic carbocycles. The number of hydrogen-bond donors (Lipinski definition) is 1. The third kappa shape index (κ3) is 3.16. The highest BCUT2D eigenvalue weighted by molar-refractivity contribution is 7.91. The summed E-state index contributed by atoms with van der Waals surface area (Å²) in [6.45, 7) is 3.52. The van der Waals surface area contributed by atoms with Crippen molar-refractivity contribution in [3.05, 3.63) is 0 Å². The average molecular weight is 299 g/mol. The second kappa shape index (κ2) is 6.00. The first-order chi connectivity index (χ1) is 9.42. The Morgan fingerprint density at radius 1 is 1.50 bits per heavy atom. The smallest absolute Gasteiger partial charge is 0.153 e. The van der Waals surface area contributed by atoms with E-state index in [4.69, 9.17) is 0 Å². The molecule has 1 saturated heterocycles. The molecule has 1 aliphatic heterocycles. The van der Waals surface area contributed by atoms with Gasteiger partial charge in [0, 0.05) is 12.6 Å². The van der Waals surface area contributed by atoms with Crippen molar-refractivity contribution in [2.45, 2.75) is 44.2 Å². The van der Waals surface area contributed by atoms with E-state index in [0.717, 1.165) is 32.2 Å². The summed E-state index contributed by atoms with van der Waals surface area (Å²) in [6.07, 6.45) is 4.09. The molecule has 20 heavy (non-hydrogen) atoms. The summed E-state index contributed by atoms with van der Waals surface area (Å²) in [4.78, 5) is 2.26. The fraction of sp³-hybridized carbons (Fsp3) is 0.929. The van der Waals surface area contributed by atoms with Crippen LogP contribution in [0.2, 0.25) is 0 Å². The van der Waals surface area contributed by atoms with Gasteiger partial charge in [-0.05, 0) is 45.7 Å². The highest BCUT2D eigenvalue weighted by Crippen LogP contribution is 2.37. The normalized spacial score (nSPS) is 37.6. The van der Waals surface area contributed by atoms with Crippen LogP contribution >= 0.6 is 0 Å². The molecule has 0 bridgehead atoms. The van der Waals surface area contributed by atoms with E-state index in [9.17, 15) is 13.7 Å². The summed E-state index contributed by atoms with van der Waals surface area (Å²) in [7, 11) is -0.968. The summed E-state index contributed by atoms with van der Waals surface area (Å²) >= 11 is 0. The van der Waals surface area contributed by atoms with Crippen LogP contribution in [0.15, 0.2) is 0 Å². The van der Waals surface area contributed by atoms with Crippen LogP contribution in [0.5, 0.6) is 0 Å². The molecule has 0 aromatic carbocycles. The van der Waals surface area contributed by atoms with Crippen molar-refractivity contribution in [1.29, 1.82) is 5.26 Å². The molecule has 114 valence electrons. The highest BCUT2D eigenvalue weighted by atomic mass is 32.2. The molecule has 0 radical (unpaired) electrons. The van der Waals surface area contributed by atoms with Crippen molar-refractivity contribution in [2.24, 2.45) is 5.92 Å². The first-order valence-corrected chi connectivity index (χ1v) is 9.29. The Balaban J connectivity index is 1.91. The zero-order chi connectivity index (χ0) is 14.8. The van der Waals surface area contributed by atoms with Crippen molar-refractivity contribution in [2.75, 3.05) is 31.6 Å². The van der Waals surface area contributed by atoms with Gasteiger partial charge in [-0.2, -0.15) is 5.26 Å². The SMILES string of the molecule is CNC1(C#N)CCCC1CCN1CCS(=O)(=O)CC1C. The van der Waals surface area contributed by atoms with Crippen molar-refractivity contribution in [3.8, 4) is 6.07 Å². The van der Waals surface area contributed by atoms with E-state index in [2.05, 4.69) is 16.3 Å². The number of nitrogens with one attached hydrogen (secondary N) is 1. The second-order valence-electron chi connectivity index (χ2n) is 6.21. The molecular formula is C14H25N3O2S. The van der Waals surface area contributed by atoms with Gasteiger partial charge < -0.3 is 5.32 Å². The lowest BCUT2D eigenvalue weighted by Gasteiger charge is -2.35. The molecule has 1 heterocycles. The van der Waals surface area contributed by atoms with Crippen LogP contribution < -0.4 is 5.32 Å². The van der Waals surface area contributed by atoms with Gasteiger partial charge in [0.05, 0.1) is 17.6 Å². The summed E-state index contributed by atoms with van der Waals surface area (Å²) in [5, 5.41) is 12.7. The summed E-state index contributed by atoms with van der Waals surface area (Å²) in [5.74, 6) is 0.924. The largest absolute Gasteiger partial charge is 0.302 e. The first kappa shape index (κ1) is 15.7. The Labute approximate surface area is 122 Å². The van der Waals surface area contributed by atoms with Gasteiger partial charge in [-0.25, -0.2) is 8.42 Å². The van der Waals surface area contributed by atoms with Gasteiger partial charge in [-0.1, -0.05) is 6.42 Å². The lowest BCUT2D eigenvalue weighted by molar-refractivity contribution is 0.195. The lowest BCUT2D eigenvalue weighted by atomic mass is 9.86. The zero-order valence-electron chi connectivity index (χ0n) is 12.4. The van der Waals surface area contributed by atoms with Crippen LogP contribution in [-0.2, 0) is 9.84 Å². The third-order valence-electron chi connectivity index (χ3n) is 5.04. The van der Waals surface area contributed by atoms with Gasteiger partial charge in [0.15, 0.2) is 9.84 Å². The highest BCUT2D eigenvalue weighted by Gasteiger charge is 2.42. The number of rotatable bonds is 4. The van der Waals surface area contributed by atoms with E-state index in [1.165, 1.54) is 0 Å². The van der Waals surface area contributed by atoms with E-state index in [0.29, 0.717) is 12.5 Å². The van der Waals surface area contributed by atoms with E-state index in [1.807, 2.05) is 14.0 Å². The standard InChI is InChI=1S/C14H25N3O2S/c1-12-10-20(18,19)9-8-17(12)7-5-13-4-3-6-14(13,11-15)16-2/h12-13,16H,3-10H2,1-2H3. The minimum absolute atomic E-state index is 0.0984. The van der Waals surface area contributed by atoms with E-state index in [-0.39, 0.29) is 23.1 Å². The van der Waals surface area contributed by atoms with E-state index >= 15 is 0 Å². The number of nitriles is 1. The Morgan fingerprint density at radius 2 is 2.25 bits per heavy atom. The molecule has 0 spiro atoms. The predicted molar refractivity (Wildman–Crippen MR) is 79.1 cm³/mol. The Morgan fingerprint density at radius 3 is 2.85 bits per heavy atom. The number of nitrogens with zero attached hydrogens (tertiary/aromatic N) is 2. The van der Waals surface area contributed by atoms with Crippen LogP contribution in [0.3, 0.4) is 0 Å². The molecule has 0 amide bonds. The lowest BCUT2D eigenvalue weighted by Crippen LogP contribution is -2.49. The van der Waals surface area contributed by atoms with Crippen LogP contribution in [0, 0.1) is 17.2 Å².